The van der Waals surface area contributed by atoms with Gasteiger partial charge in [-0.1, -0.05) is 29.5 Å². The highest BCUT2D eigenvalue weighted by Crippen LogP contribution is 2.08. The Kier molecular flexibility index (Phi) is 2.19. The fourth-order valence-corrected chi connectivity index (χ4v) is 4.63. The maximum absolute atomic E-state index is 3.27. The van der Waals surface area contributed by atoms with Gasteiger partial charge in [0, 0.05) is 11.7 Å². The molecule has 0 saturated carbocycles. The van der Waals surface area contributed by atoms with Crippen LogP contribution < -0.4 is 9.69 Å². The van der Waals surface area contributed by atoms with Crippen molar-refractivity contribution in [2.24, 2.45) is 0 Å². The first-order valence-corrected chi connectivity index (χ1v) is 7.29. The van der Waals surface area contributed by atoms with Crippen molar-refractivity contribution in [3.63, 3.8) is 0 Å². The first-order chi connectivity index (χ1) is 7.42. The summed E-state index contributed by atoms with van der Waals surface area (Å²) < 4.78 is 1.56. The average molecular weight is 229 g/mol. The number of rotatable bonds is 2. The van der Waals surface area contributed by atoms with E-state index in [1.807, 2.05) is 17.5 Å². The summed E-state index contributed by atoms with van der Waals surface area (Å²) in [5, 5.41) is 4.97. The molecule has 0 fully saturated rings. The highest BCUT2D eigenvalue weighted by molar-refractivity contribution is 7.20. The van der Waals surface area contributed by atoms with E-state index in [0.717, 1.165) is 0 Å². The highest BCUT2D eigenvalue weighted by atomic mass is 32.1. The van der Waals surface area contributed by atoms with E-state index < -0.39 is 0 Å². The number of benzene rings is 1. The molecule has 0 aliphatic carbocycles. The second-order valence-electron chi connectivity index (χ2n) is 3.66. The minimum atomic E-state index is -0.260. The summed E-state index contributed by atoms with van der Waals surface area (Å²) >= 11 is 1.88. The van der Waals surface area contributed by atoms with Crippen LogP contribution in [0.5, 0.6) is 0 Å². The van der Waals surface area contributed by atoms with E-state index in [9.17, 15) is 0 Å². The maximum atomic E-state index is 3.27. The SMILES string of the molecule is c1csc([SiH2]c2ccc3cc[nH]c3c2)c1. The van der Waals surface area contributed by atoms with Crippen LogP contribution in [0.4, 0.5) is 0 Å². The summed E-state index contributed by atoms with van der Waals surface area (Å²) in [4.78, 5) is 3.27. The molecule has 1 N–H and O–H groups in total. The molecule has 0 spiro atoms. The van der Waals surface area contributed by atoms with Crippen LogP contribution in [0.1, 0.15) is 0 Å². The molecular weight excluding hydrogens is 218 g/mol. The summed E-state index contributed by atoms with van der Waals surface area (Å²) in [5.41, 5.74) is 1.26. The molecule has 0 radical (unpaired) electrons. The molecule has 0 saturated heterocycles. The molecule has 0 amide bonds. The Hall–Kier alpha value is -1.32. The fourth-order valence-electron chi connectivity index (χ4n) is 1.82. The Bertz CT molecular complexity index is 568. The van der Waals surface area contributed by atoms with Gasteiger partial charge in [0.2, 0.25) is 0 Å². The first-order valence-electron chi connectivity index (χ1n) is 5.00. The van der Waals surface area contributed by atoms with Gasteiger partial charge in [-0.2, -0.15) is 11.3 Å². The Labute approximate surface area is 94.6 Å². The fraction of sp³-hybridized carbons (Fsp3) is 0. The summed E-state index contributed by atoms with van der Waals surface area (Å²) in [7, 11) is -0.260. The van der Waals surface area contributed by atoms with E-state index in [1.54, 1.807) is 4.50 Å². The molecular formula is C12H11NSSi. The molecule has 1 aromatic carbocycles. The number of thiophene rings is 1. The van der Waals surface area contributed by atoms with Gasteiger partial charge in [-0.25, -0.2) is 0 Å². The van der Waals surface area contributed by atoms with Gasteiger partial charge in [0.1, 0.15) is 9.52 Å². The van der Waals surface area contributed by atoms with Crippen LogP contribution in [0, 0.1) is 0 Å². The Morgan fingerprint density at radius 2 is 2.13 bits per heavy atom. The van der Waals surface area contributed by atoms with Crippen molar-refractivity contribution in [1.29, 1.82) is 0 Å². The van der Waals surface area contributed by atoms with Gasteiger partial charge >= 0.3 is 0 Å². The summed E-state index contributed by atoms with van der Waals surface area (Å²) in [6.07, 6.45) is 2.00. The van der Waals surface area contributed by atoms with E-state index in [2.05, 4.69) is 46.8 Å². The van der Waals surface area contributed by atoms with Crippen molar-refractivity contribution in [3.8, 4) is 0 Å². The summed E-state index contributed by atoms with van der Waals surface area (Å²) in [6.45, 7) is 0. The molecule has 3 heteroatoms. The van der Waals surface area contributed by atoms with Gasteiger partial charge in [0.05, 0.1) is 0 Å². The van der Waals surface area contributed by atoms with Gasteiger partial charge in [0.25, 0.3) is 0 Å². The predicted octanol–water partition coefficient (Wildman–Crippen LogP) is 1.35. The van der Waals surface area contributed by atoms with Crippen LogP contribution in [0.2, 0.25) is 0 Å². The second-order valence-corrected chi connectivity index (χ2v) is 7.13. The molecule has 0 unspecified atom stereocenters. The lowest BCUT2D eigenvalue weighted by molar-refractivity contribution is 1.48. The van der Waals surface area contributed by atoms with Crippen molar-refractivity contribution < 1.29 is 0 Å². The molecule has 2 aromatic heterocycles. The Morgan fingerprint density at radius 3 is 3.00 bits per heavy atom. The van der Waals surface area contributed by atoms with Crippen LogP contribution in [-0.4, -0.2) is 14.5 Å². The smallest absolute Gasteiger partial charge is 0.100 e. The third kappa shape index (κ3) is 1.76. The van der Waals surface area contributed by atoms with Crippen LogP contribution >= 0.6 is 11.3 Å². The maximum Gasteiger partial charge on any atom is 0.100 e. The number of fused-ring (bicyclic) bond motifs is 1. The lowest BCUT2D eigenvalue weighted by Gasteiger charge is -1.98. The number of hydrogen-bond donors (Lipinski definition) is 1. The minimum absolute atomic E-state index is 0.260. The third-order valence-corrected chi connectivity index (χ3v) is 5.68. The lowest BCUT2D eigenvalue weighted by Crippen LogP contribution is -2.24. The van der Waals surface area contributed by atoms with Crippen molar-refractivity contribution in [1.82, 2.24) is 4.98 Å². The van der Waals surface area contributed by atoms with Crippen LogP contribution in [-0.2, 0) is 0 Å². The monoisotopic (exact) mass is 229 g/mol. The molecule has 2 heterocycles. The standard InChI is InChI=1S/C12H11NSSi/c1-2-12(14-7-1)15-10-4-3-9-5-6-13-11(9)8-10/h1-8,13H,15H2. The number of hydrogen-bond acceptors (Lipinski definition) is 1. The number of aromatic nitrogens is 1. The first kappa shape index (κ1) is 8.94. The quantitative estimate of drug-likeness (QED) is 0.639. The number of H-pyrrole nitrogens is 1. The zero-order valence-corrected chi connectivity index (χ0v) is 10.5. The topological polar surface area (TPSA) is 15.8 Å². The predicted molar refractivity (Wildman–Crippen MR) is 70.4 cm³/mol. The van der Waals surface area contributed by atoms with E-state index in [-0.39, 0.29) is 9.52 Å². The molecule has 15 heavy (non-hydrogen) atoms. The van der Waals surface area contributed by atoms with Crippen LogP contribution in [0.25, 0.3) is 10.9 Å². The van der Waals surface area contributed by atoms with Crippen molar-refractivity contribution in [2.75, 3.05) is 0 Å². The minimum Gasteiger partial charge on any atom is -0.361 e. The third-order valence-electron chi connectivity index (χ3n) is 2.58. The van der Waals surface area contributed by atoms with Crippen LogP contribution in [0.3, 0.4) is 0 Å². The molecule has 0 aliphatic heterocycles. The zero-order chi connectivity index (χ0) is 10.1. The van der Waals surface area contributed by atoms with Gasteiger partial charge in [0.15, 0.2) is 0 Å². The van der Waals surface area contributed by atoms with Crippen molar-refractivity contribution in [3.05, 3.63) is 48.0 Å². The molecule has 3 rings (SSSR count). The van der Waals surface area contributed by atoms with Crippen LogP contribution in [0.15, 0.2) is 48.0 Å². The van der Waals surface area contributed by atoms with Gasteiger partial charge in [-0.3, -0.25) is 0 Å². The van der Waals surface area contributed by atoms with E-state index >= 15 is 0 Å². The van der Waals surface area contributed by atoms with Gasteiger partial charge in [-0.05, 0) is 27.4 Å². The molecule has 3 aromatic rings. The summed E-state index contributed by atoms with van der Waals surface area (Å²) in [6, 6.07) is 13.3. The largest absolute Gasteiger partial charge is 0.361 e. The Balaban J connectivity index is 1.97. The van der Waals surface area contributed by atoms with Crippen molar-refractivity contribution >= 4 is 41.4 Å². The zero-order valence-electron chi connectivity index (χ0n) is 8.23. The molecule has 0 atom stereocenters. The summed E-state index contributed by atoms with van der Waals surface area (Å²) in [5.74, 6) is 0. The number of nitrogens with one attached hydrogen (secondary N) is 1. The van der Waals surface area contributed by atoms with E-state index in [4.69, 9.17) is 0 Å². The second kappa shape index (κ2) is 3.68. The van der Waals surface area contributed by atoms with E-state index in [1.165, 1.54) is 16.1 Å². The Morgan fingerprint density at radius 1 is 1.13 bits per heavy atom. The highest BCUT2D eigenvalue weighted by Gasteiger charge is 2.00. The van der Waals surface area contributed by atoms with Gasteiger partial charge < -0.3 is 4.98 Å². The lowest BCUT2D eigenvalue weighted by atomic mass is 10.2. The average Bonchev–Trinajstić information content (AvgIpc) is 2.87. The number of aromatic amines is 1. The molecule has 0 aliphatic rings. The van der Waals surface area contributed by atoms with Crippen molar-refractivity contribution in [2.45, 2.75) is 0 Å². The molecule has 0 bridgehead atoms. The normalized spacial score (nSPS) is 11.7. The van der Waals surface area contributed by atoms with Gasteiger partial charge in [-0.15, -0.1) is 0 Å². The van der Waals surface area contributed by atoms with E-state index in [0.29, 0.717) is 0 Å². The molecule has 1 nitrogen and oxygen atoms in total. The molecule has 74 valence electrons.